The molecule has 0 unspecified atom stereocenters. The lowest BCUT2D eigenvalue weighted by atomic mass is 10.1. The van der Waals surface area contributed by atoms with Gasteiger partial charge in [0.15, 0.2) is 0 Å². The molecule has 19 heavy (non-hydrogen) atoms. The molecule has 5 heteroatoms. The van der Waals surface area contributed by atoms with Crippen molar-refractivity contribution in [2.24, 2.45) is 0 Å². The third kappa shape index (κ3) is 2.62. The van der Waals surface area contributed by atoms with Crippen LogP contribution in [0.1, 0.15) is 16.3 Å². The maximum Gasteiger partial charge on any atom is 0.136 e. The van der Waals surface area contributed by atoms with Crippen LogP contribution in [0.15, 0.2) is 34.8 Å². The minimum Gasteiger partial charge on any atom is -0.383 e. The summed E-state index contributed by atoms with van der Waals surface area (Å²) in [5, 5.41) is 0.959. The molecule has 0 aliphatic heterocycles. The Kier molecular flexibility index (Phi) is 3.24. The lowest BCUT2D eigenvalue weighted by Gasteiger charge is -2.03. The largest absolute Gasteiger partial charge is 0.383 e. The average Bonchev–Trinajstić information content (AvgIpc) is 2.70. The highest BCUT2D eigenvalue weighted by atomic mass is 79.9. The number of rotatable bonds is 2. The predicted octanol–water partition coefficient (Wildman–Crippen LogP) is 3.94. The topological polar surface area (TPSA) is 51.8 Å². The molecule has 0 radical (unpaired) electrons. The Morgan fingerprint density at radius 2 is 2.11 bits per heavy atom. The Labute approximate surface area is 123 Å². The van der Waals surface area contributed by atoms with Gasteiger partial charge >= 0.3 is 0 Å². The fourth-order valence-corrected chi connectivity index (χ4v) is 3.37. The molecule has 3 nitrogen and oxygen atoms in total. The van der Waals surface area contributed by atoms with E-state index in [0.29, 0.717) is 12.2 Å². The molecule has 2 aromatic heterocycles. The summed E-state index contributed by atoms with van der Waals surface area (Å²) in [7, 11) is 0. The first kappa shape index (κ1) is 12.6. The third-order valence-corrected chi connectivity index (χ3v) is 4.28. The minimum atomic E-state index is 0.569. The van der Waals surface area contributed by atoms with Crippen molar-refractivity contribution in [3.8, 4) is 0 Å². The molecule has 0 atom stereocenters. The molecule has 0 fully saturated rings. The summed E-state index contributed by atoms with van der Waals surface area (Å²) in [6, 6.07) is 10.2. The SMILES string of the molecule is Cc1cc2c(N)nc(Cc3cccc(Br)c3)nc2s1. The van der Waals surface area contributed by atoms with E-state index in [4.69, 9.17) is 5.73 Å². The second-order valence-electron chi connectivity index (χ2n) is 4.41. The van der Waals surface area contributed by atoms with Crippen LogP contribution in [0, 0.1) is 6.92 Å². The molecule has 2 N–H and O–H groups in total. The summed E-state index contributed by atoms with van der Waals surface area (Å²) >= 11 is 5.12. The Hall–Kier alpha value is -1.46. The van der Waals surface area contributed by atoms with Crippen molar-refractivity contribution in [3.05, 3.63) is 51.1 Å². The van der Waals surface area contributed by atoms with Crippen molar-refractivity contribution in [1.82, 2.24) is 9.97 Å². The molecule has 0 bridgehead atoms. The van der Waals surface area contributed by atoms with Gasteiger partial charge in [0.25, 0.3) is 0 Å². The predicted molar refractivity (Wildman–Crippen MR) is 83.5 cm³/mol. The van der Waals surface area contributed by atoms with Crippen LogP contribution in [-0.4, -0.2) is 9.97 Å². The number of halogens is 1. The van der Waals surface area contributed by atoms with Gasteiger partial charge < -0.3 is 5.73 Å². The van der Waals surface area contributed by atoms with Gasteiger partial charge in [-0.1, -0.05) is 28.1 Å². The first-order chi connectivity index (χ1) is 9.11. The van der Waals surface area contributed by atoms with E-state index in [2.05, 4.69) is 45.0 Å². The summed E-state index contributed by atoms with van der Waals surface area (Å²) in [6.07, 6.45) is 0.691. The molecule has 2 heterocycles. The molecule has 0 saturated carbocycles. The van der Waals surface area contributed by atoms with Gasteiger partial charge in [0.05, 0.1) is 5.39 Å². The molecule has 0 saturated heterocycles. The highest BCUT2D eigenvalue weighted by Gasteiger charge is 2.08. The standard InChI is InChI=1S/C14H12BrN3S/c1-8-5-11-13(16)17-12(18-14(11)19-8)7-9-3-2-4-10(15)6-9/h2-6H,7H2,1H3,(H2,16,17,18). The minimum absolute atomic E-state index is 0.569. The number of benzene rings is 1. The fraction of sp³-hybridized carbons (Fsp3) is 0.143. The monoisotopic (exact) mass is 333 g/mol. The maximum atomic E-state index is 6.00. The highest BCUT2D eigenvalue weighted by molar-refractivity contribution is 9.10. The van der Waals surface area contributed by atoms with E-state index >= 15 is 0 Å². The van der Waals surface area contributed by atoms with Crippen LogP contribution in [-0.2, 0) is 6.42 Å². The number of aromatic nitrogens is 2. The number of nitrogens with zero attached hydrogens (tertiary/aromatic N) is 2. The fourth-order valence-electron chi connectivity index (χ4n) is 2.02. The van der Waals surface area contributed by atoms with Gasteiger partial charge in [0.2, 0.25) is 0 Å². The van der Waals surface area contributed by atoms with E-state index in [1.807, 2.05) is 18.2 Å². The number of fused-ring (bicyclic) bond motifs is 1. The van der Waals surface area contributed by atoms with E-state index < -0.39 is 0 Å². The van der Waals surface area contributed by atoms with Crippen molar-refractivity contribution in [2.45, 2.75) is 13.3 Å². The van der Waals surface area contributed by atoms with Crippen LogP contribution in [0.25, 0.3) is 10.2 Å². The van der Waals surface area contributed by atoms with Crippen LogP contribution in [0.2, 0.25) is 0 Å². The number of aryl methyl sites for hydroxylation is 1. The van der Waals surface area contributed by atoms with Crippen molar-refractivity contribution >= 4 is 43.3 Å². The Balaban J connectivity index is 2.01. The second kappa shape index (κ2) is 4.90. The van der Waals surface area contributed by atoms with Crippen LogP contribution in [0.5, 0.6) is 0 Å². The maximum absolute atomic E-state index is 6.00. The quantitative estimate of drug-likeness (QED) is 0.772. The van der Waals surface area contributed by atoms with Crippen molar-refractivity contribution in [1.29, 1.82) is 0 Å². The zero-order valence-electron chi connectivity index (χ0n) is 10.4. The molecular weight excluding hydrogens is 322 g/mol. The van der Waals surface area contributed by atoms with Crippen molar-refractivity contribution in [2.75, 3.05) is 5.73 Å². The molecule has 3 rings (SSSR count). The van der Waals surface area contributed by atoms with Gasteiger partial charge in [-0.05, 0) is 30.7 Å². The highest BCUT2D eigenvalue weighted by Crippen LogP contribution is 2.27. The lowest BCUT2D eigenvalue weighted by molar-refractivity contribution is 1.00. The van der Waals surface area contributed by atoms with Crippen molar-refractivity contribution in [3.63, 3.8) is 0 Å². The molecule has 0 spiro atoms. The van der Waals surface area contributed by atoms with Crippen LogP contribution < -0.4 is 5.73 Å². The molecule has 3 aromatic rings. The van der Waals surface area contributed by atoms with Gasteiger partial charge in [-0.25, -0.2) is 9.97 Å². The smallest absolute Gasteiger partial charge is 0.136 e. The summed E-state index contributed by atoms with van der Waals surface area (Å²) in [6.45, 7) is 2.06. The summed E-state index contributed by atoms with van der Waals surface area (Å²) < 4.78 is 1.06. The zero-order valence-corrected chi connectivity index (χ0v) is 12.8. The first-order valence-corrected chi connectivity index (χ1v) is 7.50. The molecule has 0 aliphatic carbocycles. The van der Waals surface area contributed by atoms with E-state index in [1.54, 1.807) is 11.3 Å². The molecule has 96 valence electrons. The molecular formula is C14H12BrN3S. The summed E-state index contributed by atoms with van der Waals surface area (Å²) in [4.78, 5) is 11.2. The number of thiophene rings is 1. The number of hydrogen-bond acceptors (Lipinski definition) is 4. The summed E-state index contributed by atoms with van der Waals surface area (Å²) in [5.74, 6) is 1.34. The van der Waals surface area contributed by atoms with Gasteiger partial charge in [-0.3, -0.25) is 0 Å². The van der Waals surface area contributed by atoms with E-state index in [9.17, 15) is 0 Å². The Bertz CT molecular complexity index is 752. The second-order valence-corrected chi connectivity index (χ2v) is 6.56. The number of nitrogen functional groups attached to an aromatic ring is 1. The van der Waals surface area contributed by atoms with E-state index in [0.717, 1.165) is 20.5 Å². The first-order valence-electron chi connectivity index (χ1n) is 5.89. The van der Waals surface area contributed by atoms with Crippen molar-refractivity contribution < 1.29 is 0 Å². The van der Waals surface area contributed by atoms with Gasteiger partial charge in [0, 0.05) is 15.8 Å². The van der Waals surface area contributed by atoms with Gasteiger partial charge in [-0.15, -0.1) is 11.3 Å². The molecule has 0 aliphatic rings. The van der Waals surface area contributed by atoms with Gasteiger partial charge in [0.1, 0.15) is 16.5 Å². The Morgan fingerprint density at radius 3 is 2.89 bits per heavy atom. The normalized spacial score (nSPS) is 11.1. The third-order valence-electron chi connectivity index (χ3n) is 2.84. The lowest BCUT2D eigenvalue weighted by Crippen LogP contribution is -2.00. The number of hydrogen-bond donors (Lipinski definition) is 1. The molecule has 0 amide bonds. The number of anilines is 1. The Morgan fingerprint density at radius 1 is 1.26 bits per heavy atom. The number of nitrogens with two attached hydrogens (primary N) is 1. The average molecular weight is 334 g/mol. The van der Waals surface area contributed by atoms with Gasteiger partial charge in [-0.2, -0.15) is 0 Å². The van der Waals surface area contributed by atoms with Crippen LogP contribution >= 0.6 is 27.3 Å². The zero-order chi connectivity index (χ0) is 13.4. The molecule has 1 aromatic carbocycles. The van der Waals surface area contributed by atoms with E-state index in [1.165, 1.54) is 10.4 Å². The van der Waals surface area contributed by atoms with Crippen LogP contribution in [0.4, 0.5) is 5.82 Å². The van der Waals surface area contributed by atoms with E-state index in [-0.39, 0.29) is 0 Å². The van der Waals surface area contributed by atoms with Crippen LogP contribution in [0.3, 0.4) is 0 Å². The summed E-state index contributed by atoms with van der Waals surface area (Å²) in [5.41, 5.74) is 7.17.